The molecule has 0 saturated carbocycles. The average Bonchev–Trinajstić information content (AvgIpc) is 2.26. The number of aromatic nitrogens is 1. The third-order valence-electron chi connectivity index (χ3n) is 2.13. The molecule has 0 aliphatic heterocycles. The lowest BCUT2D eigenvalue weighted by Crippen LogP contribution is -2.10. The Morgan fingerprint density at radius 3 is 2.56 bits per heavy atom. The van der Waals surface area contributed by atoms with Crippen molar-refractivity contribution in [2.75, 3.05) is 0 Å². The van der Waals surface area contributed by atoms with Gasteiger partial charge in [-0.1, -0.05) is 0 Å². The Kier molecular flexibility index (Phi) is 2.16. The summed E-state index contributed by atoms with van der Waals surface area (Å²) in [5, 5.41) is 7.88. The fourth-order valence-corrected chi connectivity index (χ4v) is 1.36. The minimum atomic E-state index is -1.73. The van der Waals surface area contributed by atoms with E-state index in [9.17, 15) is 18.0 Å². The van der Waals surface area contributed by atoms with Crippen molar-refractivity contribution in [3.8, 4) is 6.07 Å². The van der Waals surface area contributed by atoms with E-state index in [2.05, 4.69) is 4.98 Å². The number of benzene rings is 1. The number of nitrogens with one attached hydrogen (secondary N) is 1. The van der Waals surface area contributed by atoms with Gasteiger partial charge in [-0.05, 0) is 0 Å². The highest BCUT2D eigenvalue weighted by Crippen LogP contribution is 2.18. The molecule has 0 amide bonds. The summed E-state index contributed by atoms with van der Waals surface area (Å²) in [6.45, 7) is 0. The lowest BCUT2D eigenvalue weighted by molar-refractivity contribution is 0.453. The molecule has 0 aliphatic rings. The van der Waals surface area contributed by atoms with E-state index in [4.69, 9.17) is 5.26 Å². The van der Waals surface area contributed by atoms with E-state index in [-0.39, 0.29) is 11.1 Å². The number of nitrogens with zero attached hydrogens (tertiary/aromatic N) is 1. The minimum Gasteiger partial charge on any atom is -0.360 e. The molecule has 3 nitrogen and oxygen atoms in total. The lowest BCUT2D eigenvalue weighted by Gasteiger charge is -2.01. The molecular weight excluding hydrogens is 221 g/mol. The second-order valence-electron chi connectivity index (χ2n) is 3.05. The topological polar surface area (TPSA) is 56.6 Å². The molecule has 2 aromatic rings. The first-order chi connectivity index (χ1) is 7.56. The van der Waals surface area contributed by atoms with Crippen molar-refractivity contribution in [1.82, 2.24) is 4.98 Å². The number of pyridine rings is 1. The molecule has 0 unspecified atom stereocenters. The summed E-state index contributed by atoms with van der Waals surface area (Å²) in [5.41, 5.74) is -1.52. The highest BCUT2D eigenvalue weighted by molar-refractivity contribution is 5.80. The monoisotopic (exact) mass is 224 g/mol. The Bertz CT molecular complexity index is 685. The molecular formula is C10H3F3N2O. The fraction of sp³-hybridized carbons (Fsp3) is 0. The molecule has 0 spiro atoms. The number of H-pyrrole nitrogens is 1. The third kappa shape index (κ3) is 1.26. The zero-order valence-electron chi connectivity index (χ0n) is 7.64. The molecule has 1 N–H and O–H groups in total. The van der Waals surface area contributed by atoms with Gasteiger partial charge in [0.2, 0.25) is 5.43 Å². The van der Waals surface area contributed by atoms with Gasteiger partial charge in [0.05, 0.1) is 10.9 Å². The van der Waals surface area contributed by atoms with Gasteiger partial charge in [0.1, 0.15) is 11.6 Å². The van der Waals surface area contributed by atoms with Crippen LogP contribution in [0, 0.1) is 28.8 Å². The third-order valence-corrected chi connectivity index (χ3v) is 2.13. The Labute approximate surface area is 86.7 Å². The van der Waals surface area contributed by atoms with Crippen molar-refractivity contribution in [2.45, 2.75) is 0 Å². The van der Waals surface area contributed by atoms with Gasteiger partial charge >= 0.3 is 0 Å². The van der Waals surface area contributed by atoms with Crippen LogP contribution >= 0.6 is 0 Å². The van der Waals surface area contributed by atoms with Crippen molar-refractivity contribution >= 4 is 10.9 Å². The van der Waals surface area contributed by atoms with Crippen LogP contribution in [0.3, 0.4) is 0 Å². The summed E-state index contributed by atoms with van der Waals surface area (Å²) in [6, 6.07) is 2.19. The van der Waals surface area contributed by atoms with Gasteiger partial charge in [-0.15, -0.1) is 0 Å². The number of hydrogen-bond acceptors (Lipinski definition) is 2. The van der Waals surface area contributed by atoms with Gasteiger partial charge in [-0.2, -0.15) is 5.26 Å². The Morgan fingerprint density at radius 2 is 1.94 bits per heavy atom. The molecule has 80 valence electrons. The van der Waals surface area contributed by atoms with Gasteiger partial charge in [0, 0.05) is 12.3 Å². The summed E-state index contributed by atoms with van der Waals surface area (Å²) in [7, 11) is 0. The van der Waals surface area contributed by atoms with Crippen LogP contribution in [-0.4, -0.2) is 4.98 Å². The quantitative estimate of drug-likeness (QED) is 0.694. The minimum absolute atomic E-state index is 0.194. The zero-order valence-corrected chi connectivity index (χ0v) is 7.64. The summed E-state index contributed by atoms with van der Waals surface area (Å²) in [6.07, 6.45) is 1.02. The van der Waals surface area contributed by atoms with Crippen LogP contribution < -0.4 is 5.43 Å². The first-order valence-electron chi connectivity index (χ1n) is 4.15. The maximum Gasteiger partial charge on any atom is 0.210 e. The van der Waals surface area contributed by atoms with E-state index in [1.54, 1.807) is 0 Å². The summed E-state index contributed by atoms with van der Waals surface area (Å²) >= 11 is 0. The predicted octanol–water partition coefficient (Wildman–Crippen LogP) is 1.82. The van der Waals surface area contributed by atoms with E-state index in [0.717, 1.165) is 6.20 Å². The number of rotatable bonds is 0. The molecule has 0 fully saturated rings. The number of aromatic amines is 1. The smallest absolute Gasteiger partial charge is 0.210 e. The molecule has 2 rings (SSSR count). The number of halogens is 3. The Balaban J connectivity index is 3.06. The zero-order chi connectivity index (χ0) is 11.9. The largest absolute Gasteiger partial charge is 0.360 e. The molecule has 0 bridgehead atoms. The number of nitriles is 1. The molecule has 0 radical (unpaired) electrons. The van der Waals surface area contributed by atoms with E-state index in [0.29, 0.717) is 6.07 Å². The Morgan fingerprint density at radius 1 is 1.25 bits per heavy atom. The number of fused-ring (bicyclic) bond motifs is 1. The lowest BCUT2D eigenvalue weighted by atomic mass is 10.1. The molecule has 1 heterocycles. The van der Waals surface area contributed by atoms with Crippen LogP contribution in [0.4, 0.5) is 13.2 Å². The van der Waals surface area contributed by atoms with Crippen molar-refractivity contribution in [2.24, 2.45) is 0 Å². The highest BCUT2D eigenvalue weighted by atomic mass is 19.2. The van der Waals surface area contributed by atoms with Gasteiger partial charge in [-0.3, -0.25) is 4.79 Å². The SMILES string of the molecule is N#Cc1c[nH]c2cc(F)c(F)c(F)c2c1=O. The molecule has 0 atom stereocenters. The van der Waals surface area contributed by atoms with Crippen molar-refractivity contribution in [3.05, 3.63) is 45.5 Å². The van der Waals surface area contributed by atoms with Gasteiger partial charge < -0.3 is 4.98 Å². The van der Waals surface area contributed by atoms with E-state index < -0.39 is 28.3 Å². The van der Waals surface area contributed by atoms with Gasteiger partial charge in [-0.25, -0.2) is 13.2 Å². The molecule has 1 aromatic heterocycles. The summed E-state index contributed by atoms with van der Waals surface area (Å²) in [5.74, 6) is -4.72. The number of hydrogen-bond donors (Lipinski definition) is 1. The van der Waals surface area contributed by atoms with E-state index in [1.165, 1.54) is 6.07 Å². The second-order valence-corrected chi connectivity index (χ2v) is 3.05. The van der Waals surface area contributed by atoms with Crippen LogP contribution in [0.15, 0.2) is 17.1 Å². The summed E-state index contributed by atoms with van der Waals surface area (Å²) < 4.78 is 39.0. The molecule has 0 aliphatic carbocycles. The van der Waals surface area contributed by atoms with E-state index in [1.807, 2.05) is 0 Å². The van der Waals surface area contributed by atoms with Crippen molar-refractivity contribution < 1.29 is 13.2 Å². The van der Waals surface area contributed by atoms with Crippen molar-refractivity contribution in [1.29, 1.82) is 5.26 Å². The second kappa shape index (κ2) is 3.38. The van der Waals surface area contributed by atoms with Crippen LogP contribution in [0.1, 0.15) is 5.56 Å². The van der Waals surface area contributed by atoms with Crippen LogP contribution in [0.2, 0.25) is 0 Å². The van der Waals surface area contributed by atoms with Gasteiger partial charge in [0.25, 0.3) is 0 Å². The van der Waals surface area contributed by atoms with Crippen LogP contribution in [0.5, 0.6) is 0 Å². The normalized spacial score (nSPS) is 10.4. The maximum atomic E-state index is 13.3. The fourth-order valence-electron chi connectivity index (χ4n) is 1.36. The molecule has 1 aromatic carbocycles. The van der Waals surface area contributed by atoms with Crippen molar-refractivity contribution in [3.63, 3.8) is 0 Å². The van der Waals surface area contributed by atoms with E-state index >= 15 is 0 Å². The molecule has 16 heavy (non-hydrogen) atoms. The van der Waals surface area contributed by atoms with Crippen LogP contribution in [0.25, 0.3) is 10.9 Å². The highest BCUT2D eigenvalue weighted by Gasteiger charge is 2.17. The standard InChI is InChI=1S/C10H3F3N2O/c11-5-1-6-7(9(13)8(5)12)10(16)4(2-14)3-15-6/h1,3H,(H,15,16). The van der Waals surface area contributed by atoms with Gasteiger partial charge in [0.15, 0.2) is 17.5 Å². The first-order valence-corrected chi connectivity index (χ1v) is 4.15. The summed E-state index contributed by atoms with van der Waals surface area (Å²) in [4.78, 5) is 13.8. The first kappa shape index (κ1) is 10.2. The molecule has 6 heteroatoms. The maximum absolute atomic E-state index is 13.3. The predicted molar refractivity (Wildman–Crippen MR) is 49.2 cm³/mol. The molecule has 0 saturated heterocycles. The van der Waals surface area contributed by atoms with Crippen LogP contribution in [-0.2, 0) is 0 Å². The Hall–Kier alpha value is -2.29. The average molecular weight is 224 g/mol.